The summed E-state index contributed by atoms with van der Waals surface area (Å²) in [5.74, 6) is -0.498. The summed E-state index contributed by atoms with van der Waals surface area (Å²) in [6, 6.07) is 6.12. The lowest BCUT2D eigenvalue weighted by Gasteiger charge is -2.03. The molecule has 0 atom stereocenters. The van der Waals surface area contributed by atoms with E-state index in [9.17, 15) is 14.7 Å². The number of phenols is 1. The van der Waals surface area contributed by atoms with Gasteiger partial charge in [0, 0.05) is 12.0 Å². The van der Waals surface area contributed by atoms with E-state index >= 15 is 0 Å². The highest BCUT2D eigenvalue weighted by Gasteiger charge is 2.21. The number of rotatable bonds is 6. The van der Waals surface area contributed by atoms with E-state index in [2.05, 4.69) is 16.9 Å². The molecule has 6 heteroatoms. The average Bonchev–Trinajstić information content (AvgIpc) is 2.87. The molecule has 0 saturated carbocycles. The number of amides is 1. The molecule has 1 aromatic carbocycles. The maximum atomic E-state index is 12.5. The number of phenolic OH excluding ortho intramolecular Hbond substituents is 1. The molecule has 23 heavy (non-hydrogen) atoms. The second kappa shape index (κ2) is 6.91. The van der Waals surface area contributed by atoms with Crippen molar-refractivity contribution in [3.05, 3.63) is 47.9 Å². The first-order chi connectivity index (χ1) is 10.9. The third kappa shape index (κ3) is 3.85. The minimum Gasteiger partial charge on any atom is -0.508 e. The summed E-state index contributed by atoms with van der Waals surface area (Å²) >= 11 is 0. The number of carbonyl (C=O) groups is 2. The highest BCUT2D eigenvalue weighted by Crippen LogP contribution is 2.24. The lowest BCUT2D eigenvalue weighted by atomic mass is 10.0. The number of aryl methyl sites for hydroxylation is 1. The van der Waals surface area contributed by atoms with Crippen LogP contribution in [0.5, 0.6) is 5.75 Å². The largest absolute Gasteiger partial charge is 0.508 e. The molecule has 0 aliphatic carbocycles. The van der Waals surface area contributed by atoms with E-state index in [1.54, 1.807) is 19.1 Å². The van der Waals surface area contributed by atoms with Gasteiger partial charge < -0.3 is 9.52 Å². The number of allylic oxidation sites excluding steroid dienone is 1. The van der Waals surface area contributed by atoms with Crippen LogP contribution in [-0.2, 0) is 4.79 Å². The molecule has 0 bridgehead atoms. The normalized spacial score (nSPS) is 10.3. The van der Waals surface area contributed by atoms with Crippen molar-refractivity contribution in [2.75, 3.05) is 5.32 Å². The molecule has 2 rings (SSSR count). The first-order valence-electron chi connectivity index (χ1n) is 7.22. The smallest absolute Gasteiger partial charge is 0.302 e. The minimum absolute atomic E-state index is 0.00260. The fourth-order valence-electron chi connectivity index (χ4n) is 2.00. The number of ketones is 1. The van der Waals surface area contributed by atoms with Gasteiger partial charge >= 0.3 is 6.01 Å². The Morgan fingerprint density at radius 3 is 2.57 bits per heavy atom. The number of nitrogens with one attached hydrogen (secondary N) is 1. The molecule has 6 nitrogen and oxygen atoms in total. The van der Waals surface area contributed by atoms with Gasteiger partial charge in [-0.25, -0.2) is 0 Å². The van der Waals surface area contributed by atoms with Crippen molar-refractivity contribution in [3.63, 3.8) is 0 Å². The van der Waals surface area contributed by atoms with E-state index < -0.39 is 5.78 Å². The van der Waals surface area contributed by atoms with Gasteiger partial charge in [-0.2, -0.15) is 4.98 Å². The number of anilines is 1. The summed E-state index contributed by atoms with van der Waals surface area (Å²) in [7, 11) is 0. The number of aromatic hydroxyl groups is 1. The van der Waals surface area contributed by atoms with Crippen LogP contribution in [0.4, 0.5) is 6.01 Å². The molecule has 120 valence electrons. The summed E-state index contributed by atoms with van der Waals surface area (Å²) < 4.78 is 5.36. The number of benzene rings is 1. The molecule has 0 saturated heterocycles. The van der Waals surface area contributed by atoms with E-state index in [4.69, 9.17) is 4.42 Å². The van der Waals surface area contributed by atoms with Crippen molar-refractivity contribution >= 4 is 23.3 Å². The molecule has 1 heterocycles. The van der Waals surface area contributed by atoms with Gasteiger partial charge in [-0.05, 0) is 31.0 Å². The van der Waals surface area contributed by atoms with Gasteiger partial charge in [-0.1, -0.05) is 25.6 Å². The number of nitrogens with zero attached hydrogens (tertiary/aromatic N) is 1. The van der Waals surface area contributed by atoms with Gasteiger partial charge in [0.1, 0.15) is 5.75 Å². The van der Waals surface area contributed by atoms with Gasteiger partial charge in [-0.15, -0.1) is 0 Å². The number of hydrogen-bond donors (Lipinski definition) is 2. The van der Waals surface area contributed by atoms with Crippen molar-refractivity contribution in [2.45, 2.75) is 26.7 Å². The Morgan fingerprint density at radius 1 is 1.30 bits per heavy atom. The standard InChI is InChI=1S/C17H18N2O4/c1-4-5-14(21)19-17-18-11(3)16(23-17)15(22)10(2)12-6-8-13(20)9-7-12/h6-9,20H,2,4-5H2,1,3H3,(H,18,19,21). The number of carbonyl (C=O) groups excluding carboxylic acids is 2. The highest BCUT2D eigenvalue weighted by atomic mass is 16.4. The summed E-state index contributed by atoms with van der Waals surface area (Å²) in [5, 5.41) is 11.8. The van der Waals surface area contributed by atoms with E-state index in [0.29, 0.717) is 24.1 Å². The van der Waals surface area contributed by atoms with Crippen molar-refractivity contribution in [1.29, 1.82) is 0 Å². The molecule has 1 aromatic heterocycles. The van der Waals surface area contributed by atoms with Crippen LogP contribution in [-0.4, -0.2) is 21.8 Å². The molecule has 0 fully saturated rings. The Hall–Kier alpha value is -2.89. The van der Waals surface area contributed by atoms with Crippen LogP contribution >= 0.6 is 0 Å². The third-order valence-corrected chi connectivity index (χ3v) is 3.22. The Kier molecular flexibility index (Phi) is 4.95. The van der Waals surface area contributed by atoms with E-state index in [0.717, 1.165) is 0 Å². The van der Waals surface area contributed by atoms with E-state index in [1.165, 1.54) is 12.1 Å². The molecule has 2 N–H and O–H groups in total. The predicted molar refractivity (Wildman–Crippen MR) is 86.2 cm³/mol. The van der Waals surface area contributed by atoms with Gasteiger partial charge in [-0.3, -0.25) is 14.9 Å². The third-order valence-electron chi connectivity index (χ3n) is 3.22. The second-order valence-corrected chi connectivity index (χ2v) is 5.09. The van der Waals surface area contributed by atoms with Crippen LogP contribution in [0.15, 0.2) is 35.3 Å². The monoisotopic (exact) mass is 314 g/mol. The zero-order valence-corrected chi connectivity index (χ0v) is 13.0. The molecule has 0 spiro atoms. The Morgan fingerprint density at radius 2 is 1.96 bits per heavy atom. The fourth-order valence-corrected chi connectivity index (χ4v) is 2.00. The molecule has 0 unspecified atom stereocenters. The van der Waals surface area contributed by atoms with Crippen molar-refractivity contribution in [3.8, 4) is 5.75 Å². The van der Waals surface area contributed by atoms with Crippen molar-refractivity contribution < 1.29 is 19.1 Å². The summed E-state index contributed by atoms with van der Waals surface area (Å²) in [6.07, 6.45) is 1.06. The molecule has 2 aromatic rings. The fraction of sp³-hybridized carbons (Fsp3) is 0.235. The lowest BCUT2D eigenvalue weighted by molar-refractivity contribution is -0.116. The van der Waals surface area contributed by atoms with Gasteiger partial charge in [0.25, 0.3) is 0 Å². The predicted octanol–water partition coefficient (Wildman–Crippen LogP) is 3.32. The molecular weight excluding hydrogens is 296 g/mol. The summed E-state index contributed by atoms with van der Waals surface area (Å²) in [6.45, 7) is 7.27. The van der Waals surface area contributed by atoms with Gasteiger partial charge in [0.15, 0.2) is 5.76 Å². The van der Waals surface area contributed by atoms with Crippen molar-refractivity contribution in [2.24, 2.45) is 0 Å². The maximum absolute atomic E-state index is 12.5. The summed E-state index contributed by atoms with van der Waals surface area (Å²) in [4.78, 5) is 28.1. The Bertz CT molecular complexity index is 744. The maximum Gasteiger partial charge on any atom is 0.302 e. The molecule has 0 aliphatic rings. The lowest BCUT2D eigenvalue weighted by Crippen LogP contribution is -2.10. The minimum atomic E-state index is -0.420. The second-order valence-electron chi connectivity index (χ2n) is 5.09. The number of hydrogen-bond acceptors (Lipinski definition) is 5. The van der Waals surface area contributed by atoms with E-state index in [1.807, 2.05) is 6.92 Å². The van der Waals surface area contributed by atoms with E-state index in [-0.39, 0.29) is 29.0 Å². The van der Waals surface area contributed by atoms with Crippen LogP contribution in [0.1, 0.15) is 41.6 Å². The Balaban J connectivity index is 2.19. The quantitative estimate of drug-likeness (QED) is 0.630. The SMILES string of the molecule is C=C(C(=O)c1oc(NC(=O)CCC)nc1C)c1ccc(O)cc1. The number of Topliss-reactive ketones (excluding diaryl/α,β-unsaturated/α-hetero) is 1. The number of aromatic nitrogens is 1. The van der Waals surface area contributed by atoms with Crippen LogP contribution in [0.3, 0.4) is 0 Å². The zero-order valence-electron chi connectivity index (χ0n) is 13.0. The first-order valence-corrected chi connectivity index (χ1v) is 7.22. The van der Waals surface area contributed by atoms with Crippen LogP contribution in [0.25, 0.3) is 5.57 Å². The average molecular weight is 314 g/mol. The summed E-state index contributed by atoms with van der Waals surface area (Å²) in [5.41, 5.74) is 1.16. The van der Waals surface area contributed by atoms with Crippen LogP contribution in [0.2, 0.25) is 0 Å². The topological polar surface area (TPSA) is 92.4 Å². The molecule has 1 amide bonds. The molecule has 0 radical (unpaired) electrons. The van der Waals surface area contributed by atoms with Gasteiger partial charge in [0.05, 0.1) is 5.69 Å². The van der Waals surface area contributed by atoms with Crippen LogP contribution in [0, 0.1) is 6.92 Å². The Labute approximate surface area is 133 Å². The van der Waals surface area contributed by atoms with Crippen molar-refractivity contribution in [1.82, 2.24) is 4.98 Å². The molecule has 0 aliphatic heterocycles. The zero-order chi connectivity index (χ0) is 17.0. The first kappa shape index (κ1) is 16.5. The molecular formula is C17H18N2O4. The number of oxazole rings is 1. The highest BCUT2D eigenvalue weighted by molar-refractivity contribution is 6.27. The van der Waals surface area contributed by atoms with Crippen LogP contribution < -0.4 is 5.32 Å². The van der Waals surface area contributed by atoms with Gasteiger partial charge in [0.2, 0.25) is 11.7 Å².